The molecule has 18 heavy (non-hydrogen) atoms. The van der Waals surface area contributed by atoms with Crippen molar-refractivity contribution < 1.29 is 4.79 Å². The van der Waals surface area contributed by atoms with Gasteiger partial charge in [0.05, 0.1) is 0 Å². The average Bonchev–Trinajstić information content (AvgIpc) is 1.93. The van der Waals surface area contributed by atoms with E-state index in [2.05, 4.69) is 66.0 Å². The number of carbonyl (C=O) groups is 1. The Kier molecular flexibility index (Phi) is 5.86. The molecule has 0 saturated carbocycles. The van der Waals surface area contributed by atoms with Crippen LogP contribution in [0.4, 0.5) is 0 Å². The molecule has 3 nitrogen and oxygen atoms in total. The van der Waals surface area contributed by atoms with Crippen molar-refractivity contribution in [3.05, 3.63) is 0 Å². The van der Waals surface area contributed by atoms with Crippen LogP contribution in [-0.4, -0.2) is 23.5 Å². The summed E-state index contributed by atoms with van der Waals surface area (Å²) >= 11 is 0. The van der Waals surface area contributed by atoms with Crippen molar-refractivity contribution in [3.8, 4) is 0 Å². The highest BCUT2D eigenvalue weighted by Crippen LogP contribution is 2.26. The number of carbonyl (C=O) groups excluding carboxylic acids is 1. The van der Waals surface area contributed by atoms with Gasteiger partial charge >= 0.3 is 0 Å². The molecule has 0 radical (unpaired) electrons. The molecule has 0 unspecified atom stereocenters. The smallest absolute Gasteiger partial charge is 0.221 e. The lowest BCUT2D eigenvalue weighted by Gasteiger charge is -2.33. The molecule has 108 valence electrons. The second-order valence-electron chi connectivity index (χ2n) is 8.10. The Labute approximate surface area is 113 Å². The van der Waals surface area contributed by atoms with Gasteiger partial charge in [0.2, 0.25) is 5.91 Å². The monoisotopic (exact) mass is 256 g/mol. The minimum absolute atomic E-state index is 0.0706. The van der Waals surface area contributed by atoms with Crippen molar-refractivity contribution in [1.29, 1.82) is 0 Å². The fourth-order valence-electron chi connectivity index (χ4n) is 2.36. The lowest BCUT2D eigenvalue weighted by Crippen LogP contribution is -2.47. The minimum atomic E-state index is -0.142. The molecule has 0 fully saturated rings. The maximum atomic E-state index is 11.9. The van der Waals surface area contributed by atoms with Gasteiger partial charge < -0.3 is 10.6 Å². The zero-order valence-corrected chi connectivity index (χ0v) is 13.5. The Morgan fingerprint density at radius 1 is 0.944 bits per heavy atom. The van der Waals surface area contributed by atoms with Crippen LogP contribution in [0.2, 0.25) is 0 Å². The van der Waals surface area contributed by atoms with Crippen LogP contribution < -0.4 is 10.6 Å². The molecule has 0 aromatic rings. The molecule has 0 aliphatic rings. The van der Waals surface area contributed by atoms with Gasteiger partial charge in [0, 0.05) is 24.0 Å². The van der Waals surface area contributed by atoms with E-state index in [4.69, 9.17) is 0 Å². The Bertz CT molecular complexity index is 269. The van der Waals surface area contributed by atoms with Crippen LogP contribution in [0.1, 0.15) is 68.2 Å². The Morgan fingerprint density at radius 2 is 1.44 bits per heavy atom. The summed E-state index contributed by atoms with van der Waals surface area (Å²) in [4.78, 5) is 11.9. The third-order valence-electron chi connectivity index (χ3n) is 2.46. The molecule has 0 rings (SSSR count). The molecule has 0 atom stereocenters. The SMILES string of the molecule is CC(C)(C)CC(C)(C)NC(=O)CCNC(C)(C)C. The number of amides is 1. The van der Waals surface area contributed by atoms with Crippen LogP contribution in [0, 0.1) is 5.41 Å². The van der Waals surface area contributed by atoms with E-state index in [9.17, 15) is 4.79 Å². The Morgan fingerprint density at radius 3 is 1.83 bits per heavy atom. The largest absolute Gasteiger partial charge is 0.351 e. The van der Waals surface area contributed by atoms with Crippen LogP contribution in [0.3, 0.4) is 0 Å². The molecule has 1 amide bonds. The number of hydrogen-bond donors (Lipinski definition) is 2. The summed E-state index contributed by atoms with van der Waals surface area (Å²) in [6.45, 7) is 17.8. The lowest BCUT2D eigenvalue weighted by molar-refractivity contribution is -0.122. The van der Waals surface area contributed by atoms with E-state index < -0.39 is 0 Å². The molecule has 0 aliphatic heterocycles. The van der Waals surface area contributed by atoms with Gasteiger partial charge in [-0.15, -0.1) is 0 Å². The molecule has 0 aromatic heterocycles. The van der Waals surface area contributed by atoms with Crippen LogP contribution in [-0.2, 0) is 4.79 Å². The van der Waals surface area contributed by atoms with Gasteiger partial charge in [0.25, 0.3) is 0 Å². The third-order valence-corrected chi connectivity index (χ3v) is 2.46. The zero-order valence-electron chi connectivity index (χ0n) is 13.5. The van der Waals surface area contributed by atoms with Gasteiger partial charge in [-0.1, -0.05) is 20.8 Å². The highest BCUT2D eigenvalue weighted by molar-refractivity contribution is 5.76. The number of hydrogen-bond acceptors (Lipinski definition) is 2. The summed E-state index contributed by atoms with van der Waals surface area (Å²) in [5.74, 6) is 0.126. The number of rotatable bonds is 5. The summed E-state index contributed by atoms with van der Waals surface area (Å²) in [6, 6.07) is 0. The first kappa shape index (κ1) is 17.4. The molecule has 0 heterocycles. The highest BCUT2D eigenvalue weighted by atomic mass is 16.1. The second-order valence-corrected chi connectivity index (χ2v) is 8.10. The van der Waals surface area contributed by atoms with Gasteiger partial charge in [0.1, 0.15) is 0 Å². The minimum Gasteiger partial charge on any atom is -0.351 e. The van der Waals surface area contributed by atoms with E-state index in [1.165, 1.54) is 0 Å². The van der Waals surface area contributed by atoms with Gasteiger partial charge in [0.15, 0.2) is 0 Å². The Hall–Kier alpha value is -0.570. The van der Waals surface area contributed by atoms with Crippen molar-refractivity contribution in [2.75, 3.05) is 6.54 Å². The molecule has 0 aliphatic carbocycles. The van der Waals surface area contributed by atoms with Crippen molar-refractivity contribution in [2.45, 2.75) is 79.3 Å². The van der Waals surface area contributed by atoms with Crippen molar-refractivity contribution >= 4 is 5.91 Å². The first-order chi connectivity index (χ1) is 7.81. The number of nitrogens with one attached hydrogen (secondary N) is 2. The molecule has 0 saturated heterocycles. The van der Waals surface area contributed by atoms with Crippen LogP contribution in [0.25, 0.3) is 0 Å². The maximum absolute atomic E-state index is 11.9. The van der Waals surface area contributed by atoms with E-state index in [1.807, 2.05) is 0 Å². The van der Waals surface area contributed by atoms with E-state index in [0.717, 1.165) is 13.0 Å². The topological polar surface area (TPSA) is 41.1 Å². The summed E-state index contributed by atoms with van der Waals surface area (Å²) < 4.78 is 0. The molecular weight excluding hydrogens is 224 g/mol. The van der Waals surface area contributed by atoms with Crippen LogP contribution in [0.5, 0.6) is 0 Å². The van der Waals surface area contributed by atoms with E-state index >= 15 is 0 Å². The average molecular weight is 256 g/mol. The van der Waals surface area contributed by atoms with Crippen molar-refractivity contribution in [1.82, 2.24) is 10.6 Å². The normalized spacial score (nSPS) is 13.6. The molecule has 0 spiro atoms. The maximum Gasteiger partial charge on any atom is 0.221 e. The van der Waals surface area contributed by atoms with Crippen LogP contribution >= 0.6 is 0 Å². The van der Waals surface area contributed by atoms with Gasteiger partial charge in [-0.2, -0.15) is 0 Å². The van der Waals surface area contributed by atoms with Gasteiger partial charge in [-0.05, 0) is 46.5 Å². The molecule has 3 heteroatoms. The molecule has 0 aromatic carbocycles. The molecule has 0 bridgehead atoms. The van der Waals surface area contributed by atoms with E-state index in [-0.39, 0.29) is 22.4 Å². The van der Waals surface area contributed by atoms with E-state index in [0.29, 0.717) is 6.42 Å². The summed E-state index contributed by atoms with van der Waals surface area (Å²) in [5.41, 5.74) is 0.152. The van der Waals surface area contributed by atoms with Crippen LogP contribution in [0.15, 0.2) is 0 Å². The molecule has 2 N–H and O–H groups in total. The Balaban J connectivity index is 4.08. The quantitative estimate of drug-likeness (QED) is 0.793. The fourth-order valence-corrected chi connectivity index (χ4v) is 2.36. The fraction of sp³-hybridized carbons (Fsp3) is 0.933. The third kappa shape index (κ3) is 10.6. The molecular formula is C15H32N2O. The summed E-state index contributed by atoms with van der Waals surface area (Å²) in [6.07, 6.45) is 1.50. The zero-order chi connectivity index (χ0) is 14.6. The van der Waals surface area contributed by atoms with Crippen molar-refractivity contribution in [2.24, 2.45) is 5.41 Å². The first-order valence-electron chi connectivity index (χ1n) is 6.87. The summed E-state index contributed by atoms with van der Waals surface area (Å²) in [7, 11) is 0. The first-order valence-corrected chi connectivity index (χ1v) is 6.87. The predicted octanol–water partition coefficient (Wildman–Crippen LogP) is 3.10. The highest BCUT2D eigenvalue weighted by Gasteiger charge is 2.26. The standard InChI is InChI=1S/C15H32N2O/c1-13(2,3)11-15(7,8)17-12(18)9-10-16-14(4,5)6/h16H,9-11H2,1-8H3,(H,17,18). The summed E-state index contributed by atoms with van der Waals surface area (Å²) in [5, 5.41) is 6.45. The predicted molar refractivity (Wildman–Crippen MR) is 78.7 cm³/mol. The second kappa shape index (κ2) is 6.05. The lowest BCUT2D eigenvalue weighted by atomic mass is 9.82. The van der Waals surface area contributed by atoms with Gasteiger partial charge in [-0.25, -0.2) is 0 Å². The van der Waals surface area contributed by atoms with Crippen molar-refractivity contribution in [3.63, 3.8) is 0 Å². The van der Waals surface area contributed by atoms with E-state index in [1.54, 1.807) is 0 Å². The van der Waals surface area contributed by atoms with Gasteiger partial charge in [-0.3, -0.25) is 4.79 Å².